The summed E-state index contributed by atoms with van der Waals surface area (Å²) >= 11 is 11.9. The Kier molecular flexibility index (Phi) is 4.15. The molecule has 0 aliphatic rings. The minimum atomic E-state index is 0.407. The Morgan fingerprint density at radius 1 is 1.39 bits per heavy atom. The Hall–Kier alpha value is -1.19. The summed E-state index contributed by atoms with van der Waals surface area (Å²) in [6.45, 7) is 2.32. The lowest BCUT2D eigenvalue weighted by atomic mass is 10.2. The molecule has 0 aliphatic carbocycles. The van der Waals surface area contributed by atoms with E-state index in [1.54, 1.807) is 4.68 Å². The van der Waals surface area contributed by atoms with E-state index < -0.39 is 0 Å². The van der Waals surface area contributed by atoms with Gasteiger partial charge in [-0.05, 0) is 24.6 Å². The number of hydrogen-bond donors (Lipinski definition) is 0. The van der Waals surface area contributed by atoms with Crippen molar-refractivity contribution in [1.82, 2.24) is 9.78 Å². The Bertz CT molecular complexity index is 552. The summed E-state index contributed by atoms with van der Waals surface area (Å²) in [5.74, 6) is 1.26. The average molecular weight is 285 g/mol. The van der Waals surface area contributed by atoms with Crippen molar-refractivity contribution >= 4 is 23.2 Å². The van der Waals surface area contributed by atoms with Crippen molar-refractivity contribution in [2.24, 2.45) is 7.05 Å². The second kappa shape index (κ2) is 5.63. The minimum Gasteiger partial charge on any atom is -0.489 e. The molecule has 96 valence electrons. The van der Waals surface area contributed by atoms with Crippen LogP contribution in [-0.2, 0) is 19.5 Å². The molecular formula is C13H14Cl2N2O. The van der Waals surface area contributed by atoms with Gasteiger partial charge in [0, 0.05) is 18.5 Å². The van der Waals surface area contributed by atoms with Gasteiger partial charge in [-0.25, -0.2) is 0 Å². The summed E-state index contributed by atoms with van der Waals surface area (Å²) in [4.78, 5) is 0. The highest BCUT2D eigenvalue weighted by Gasteiger charge is 2.11. The molecule has 0 fully saturated rings. The highest BCUT2D eigenvalue weighted by atomic mass is 35.5. The molecule has 0 unspecified atom stereocenters. The van der Waals surface area contributed by atoms with Crippen molar-refractivity contribution in [2.75, 3.05) is 0 Å². The van der Waals surface area contributed by atoms with Gasteiger partial charge in [0.1, 0.15) is 17.5 Å². The second-order valence-electron chi connectivity index (χ2n) is 4.05. The van der Waals surface area contributed by atoms with E-state index in [4.69, 9.17) is 27.9 Å². The van der Waals surface area contributed by atoms with Crippen LogP contribution in [0.2, 0.25) is 5.15 Å². The van der Waals surface area contributed by atoms with E-state index in [1.165, 1.54) is 0 Å². The van der Waals surface area contributed by atoms with E-state index in [-0.39, 0.29) is 0 Å². The number of halogens is 2. The molecule has 18 heavy (non-hydrogen) atoms. The van der Waals surface area contributed by atoms with Gasteiger partial charge in [-0.1, -0.05) is 23.7 Å². The third kappa shape index (κ3) is 2.79. The molecule has 1 aromatic carbocycles. The summed E-state index contributed by atoms with van der Waals surface area (Å²) in [7, 11) is 1.81. The summed E-state index contributed by atoms with van der Waals surface area (Å²) < 4.78 is 7.36. The lowest BCUT2D eigenvalue weighted by molar-refractivity contribution is 0.305. The molecule has 3 nitrogen and oxygen atoms in total. The van der Waals surface area contributed by atoms with Crippen molar-refractivity contribution in [2.45, 2.75) is 19.4 Å². The number of ether oxygens (including phenoxy) is 1. The topological polar surface area (TPSA) is 27.1 Å². The van der Waals surface area contributed by atoms with Crippen LogP contribution in [0.25, 0.3) is 0 Å². The molecule has 0 radical (unpaired) electrons. The monoisotopic (exact) mass is 284 g/mol. The van der Waals surface area contributed by atoms with Gasteiger partial charge < -0.3 is 4.74 Å². The van der Waals surface area contributed by atoms with Gasteiger partial charge in [0.25, 0.3) is 0 Å². The molecule has 0 spiro atoms. The molecule has 0 N–H and O–H groups in total. The number of aryl methyl sites for hydroxylation is 2. The summed E-state index contributed by atoms with van der Waals surface area (Å²) in [6, 6.07) is 7.70. The first-order valence-electron chi connectivity index (χ1n) is 5.57. The lowest BCUT2D eigenvalue weighted by Gasteiger charge is -2.07. The Morgan fingerprint density at radius 2 is 2.17 bits per heavy atom. The van der Waals surface area contributed by atoms with E-state index >= 15 is 0 Å². The number of rotatable bonds is 4. The van der Waals surface area contributed by atoms with Crippen LogP contribution in [-0.4, -0.2) is 9.78 Å². The highest BCUT2D eigenvalue weighted by Crippen LogP contribution is 2.22. The minimum absolute atomic E-state index is 0.407. The van der Waals surface area contributed by atoms with Crippen LogP contribution < -0.4 is 4.74 Å². The molecule has 2 aromatic rings. The quantitative estimate of drug-likeness (QED) is 0.801. The number of nitrogens with zero attached hydrogens (tertiary/aromatic N) is 2. The predicted molar refractivity (Wildman–Crippen MR) is 73.3 cm³/mol. The van der Waals surface area contributed by atoms with Crippen molar-refractivity contribution in [3.8, 4) is 5.75 Å². The molecule has 0 atom stereocenters. The maximum atomic E-state index is 6.14. The number of alkyl halides is 1. The fraction of sp³-hybridized carbons (Fsp3) is 0.308. The zero-order valence-corrected chi connectivity index (χ0v) is 11.8. The Morgan fingerprint density at radius 3 is 2.78 bits per heavy atom. The molecule has 1 aromatic heterocycles. The van der Waals surface area contributed by atoms with E-state index in [9.17, 15) is 0 Å². The third-order valence-corrected chi connectivity index (χ3v) is 3.49. The highest BCUT2D eigenvalue weighted by molar-refractivity contribution is 6.30. The van der Waals surface area contributed by atoms with Crippen LogP contribution in [0.5, 0.6) is 5.75 Å². The molecule has 1 heterocycles. The largest absolute Gasteiger partial charge is 0.489 e. The van der Waals surface area contributed by atoms with Gasteiger partial charge in [0.2, 0.25) is 0 Å². The fourth-order valence-electron chi connectivity index (χ4n) is 1.71. The van der Waals surface area contributed by atoms with Crippen LogP contribution in [0.15, 0.2) is 24.3 Å². The third-order valence-electron chi connectivity index (χ3n) is 2.71. The molecule has 2 rings (SSSR count). The maximum Gasteiger partial charge on any atom is 0.133 e. The van der Waals surface area contributed by atoms with E-state index in [2.05, 4.69) is 5.10 Å². The van der Waals surface area contributed by atoms with Crippen LogP contribution in [0.1, 0.15) is 16.8 Å². The van der Waals surface area contributed by atoms with Gasteiger partial charge in [0.05, 0.1) is 5.69 Å². The number of aromatic nitrogens is 2. The Balaban J connectivity index is 2.11. The Labute approximate surface area is 116 Å². The molecule has 5 heteroatoms. The number of hydrogen-bond acceptors (Lipinski definition) is 2. The average Bonchev–Trinajstić information content (AvgIpc) is 2.61. The van der Waals surface area contributed by atoms with Crippen LogP contribution in [0.3, 0.4) is 0 Å². The SMILES string of the molecule is Cc1nn(C)c(Cl)c1COc1cccc(CCl)c1. The summed E-state index contributed by atoms with van der Waals surface area (Å²) in [6.07, 6.45) is 0. The summed E-state index contributed by atoms with van der Waals surface area (Å²) in [5.41, 5.74) is 2.83. The van der Waals surface area contributed by atoms with Gasteiger partial charge >= 0.3 is 0 Å². The molecule has 0 amide bonds. The van der Waals surface area contributed by atoms with Crippen LogP contribution >= 0.6 is 23.2 Å². The zero-order valence-electron chi connectivity index (χ0n) is 10.3. The molecule has 0 saturated heterocycles. The van der Waals surface area contributed by atoms with Crippen molar-refractivity contribution in [3.05, 3.63) is 46.2 Å². The molecule has 0 saturated carbocycles. The van der Waals surface area contributed by atoms with Gasteiger partial charge in [-0.2, -0.15) is 5.10 Å². The van der Waals surface area contributed by atoms with E-state index in [0.717, 1.165) is 22.6 Å². The van der Waals surface area contributed by atoms with Crippen LogP contribution in [0.4, 0.5) is 0 Å². The normalized spacial score (nSPS) is 10.7. The first-order chi connectivity index (χ1) is 8.61. The zero-order chi connectivity index (χ0) is 13.1. The second-order valence-corrected chi connectivity index (χ2v) is 4.67. The predicted octanol–water partition coefficient (Wildman–Crippen LogP) is 3.70. The molecule has 0 bridgehead atoms. The fourth-order valence-corrected chi connectivity index (χ4v) is 2.11. The lowest BCUT2D eigenvalue weighted by Crippen LogP contribution is -1.97. The molecular weight excluding hydrogens is 271 g/mol. The molecule has 0 aliphatic heterocycles. The summed E-state index contributed by atoms with van der Waals surface area (Å²) in [5, 5.41) is 4.85. The van der Waals surface area contributed by atoms with E-state index in [0.29, 0.717) is 17.6 Å². The van der Waals surface area contributed by atoms with Gasteiger partial charge in [-0.15, -0.1) is 11.6 Å². The first-order valence-corrected chi connectivity index (χ1v) is 6.48. The number of benzene rings is 1. The smallest absolute Gasteiger partial charge is 0.133 e. The first kappa shape index (κ1) is 13.2. The van der Waals surface area contributed by atoms with Crippen molar-refractivity contribution in [1.29, 1.82) is 0 Å². The van der Waals surface area contributed by atoms with Crippen LogP contribution in [0, 0.1) is 6.92 Å². The van der Waals surface area contributed by atoms with Gasteiger partial charge in [0.15, 0.2) is 0 Å². The maximum absolute atomic E-state index is 6.14. The van der Waals surface area contributed by atoms with Crippen molar-refractivity contribution < 1.29 is 4.74 Å². The standard InChI is InChI=1S/C13H14Cl2N2O/c1-9-12(13(15)17(2)16-9)8-18-11-5-3-4-10(6-11)7-14/h3-6H,7-8H2,1-2H3. The van der Waals surface area contributed by atoms with E-state index in [1.807, 2.05) is 38.2 Å². The van der Waals surface area contributed by atoms with Gasteiger partial charge in [-0.3, -0.25) is 4.68 Å². The van der Waals surface area contributed by atoms with Crippen molar-refractivity contribution in [3.63, 3.8) is 0 Å².